The third kappa shape index (κ3) is 7.21. The summed E-state index contributed by atoms with van der Waals surface area (Å²) in [6.07, 6.45) is -10.6. The van der Waals surface area contributed by atoms with Crippen molar-refractivity contribution in [1.82, 2.24) is 0 Å². The molecule has 0 bridgehead atoms. The van der Waals surface area contributed by atoms with Gasteiger partial charge in [0.1, 0.15) is 53.5 Å². The Hall–Kier alpha value is -4.61. The van der Waals surface area contributed by atoms with Gasteiger partial charge in [0.25, 0.3) is 0 Å². The first-order chi connectivity index (χ1) is 21.1. The number of carboxylic acid groups (broad SMARTS) is 1. The monoisotopic (exact) mass is 636 g/mol. The maximum Gasteiger partial charge on any atom is 0.308 e. The number of carbonyl (C=O) groups is 2. The molecule has 2 heterocycles. The molecule has 0 aliphatic carbocycles. The lowest BCUT2D eigenvalue weighted by Gasteiger charge is -2.39. The molecule has 0 unspecified atom stereocenters. The lowest BCUT2D eigenvalue weighted by molar-refractivity contribution is -0.278. The second-order valence-electron chi connectivity index (χ2n) is 10.6. The highest BCUT2D eigenvalue weighted by atomic mass is 16.7. The molecule has 6 atom stereocenters. The second kappa shape index (κ2) is 13.2. The molecule has 0 saturated carbocycles. The summed E-state index contributed by atoms with van der Waals surface area (Å²) >= 11 is 0. The van der Waals surface area contributed by atoms with Crippen LogP contribution in [0.15, 0.2) is 39.5 Å². The van der Waals surface area contributed by atoms with Crippen molar-refractivity contribution in [3.8, 4) is 40.1 Å². The maximum absolute atomic E-state index is 13.7. The fourth-order valence-corrected chi connectivity index (χ4v) is 4.68. The average molecular weight is 637 g/mol. The van der Waals surface area contributed by atoms with E-state index in [0.29, 0.717) is 0 Å². The molecule has 1 fully saturated rings. The molecule has 1 saturated heterocycles. The summed E-state index contributed by atoms with van der Waals surface area (Å²) in [6.45, 7) is 0.379. The quantitative estimate of drug-likeness (QED) is 0.139. The van der Waals surface area contributed by atoms with Crippen LogP contribution in [0.3, 0.4) is 0 Å². The van der Waals surface area contributed by atoms with Crippen LogP contribution >= 0.6 is 0 Å². The Kier molecular flexibility index (Phi) is 9.74. The van der Waals surface area contributed by atoms with Crippen LogP contribution in [-0.2, 0) is 19.1 Å². The number of hydrogen-bond donors (Lipinski definition) is 7. The third-order valence-corrected chi connectivity index (χ3v) is 6.95. The minimum Gasteiger partial charge on any atom is -0.507 e. The summed E-state index contributed by atoms with van der Waals surface area (Å²) in [5.74, 6) is -3.95. The number of phenolic OH excluding ortho intramolecular Hbond substituents is 2. The molecule has 0 spiro atoms. The summed E-state index contributed by atoms with van der Waals surface area (Å²) in [5, 5.41) is 71.0. The van der Waals surface area contributed by atoms with Crippen molar-refractivity contribution < 1.29 is 73.4 Å². The number of benzene rings is 2. The Morgan fingerprint density at radius 3 is 2.31 bits per heavy atom. The van der Waals surface area contributed by atoms with Crippen molar-refractivity contribution in [3.63, 3.8) is 0 Å². The summed E-state index contributed by atoms with van der Waals surface area (Å²) in [6, 6.07) is 6.38. The fraction of sp³-hybridized carbons (Fsp3) is 0.414. The van der Waals surface area contributed by atoms with E-state index in [2.05, 4.69) is 0 Å². The van der Waals surface area contributed by atoms with E-state index in [1.54, 1.807) is 0 Å². The molecule has 2 aromatic carbocycles. The Morgan fingerprint density at radius 1 is 0.956 bits per heavy atom. The topological polar surface area (TPSA) is 252 Å². The molecule has 16 heteroatoms. The second-order valence-corrected chi connectivity index (χ2v) is 10.6. The highest BCUT2D eigenvalue weighted by Gasteiger charge is 2.46. The van der Waals surface area contributed by atoms with Gasteiger partial charge in [-0.15, -0.1) is 0 Å². The number of esters is 1. The van der Waals surface area contributed by atoms with Gasteiger partial charge in [0.05, 0.1) is 32.7 Å². The summed E-state index contributed by atoms with van der Waals surface area (Å²) in [4.78, 5) is 36.9. The lowest BCUT2D eigenvalue weighted by Crippen LogP contribution is -2.60. The molecule has 1 aliphatic heterocycles. The van der Waals surface area contributed by atoms with Crippen LogP contribution in [0.2, 0.25) is 0 Å². The first-order valence-corrected chi connectivity index (χ1v) is 13.4. The van der Waals surface area contributed by atoms with Crippen molar-refractivity contribution in [3.05, 3.63) is 40.6 Å². The van der Waals surface area contributed by atoms with E-state index in [4.69, 9.17) is 33.2 Å². The number of fused-ring (bicyclic) bond motifs is 1. The lowest BCUT2D eigenvalue weighted by atomic mass is 9.98. The molecule has 244 valence electrons. The zero-order chi connectivity index (χ0) is 33.2. The predicted molar refractivity (Wildman–Crippen MR) is 150 cm³/mol. The van der Waals surface area contributed by atoms with Crippen molar-refractivity contribution in [2.75, 3.05) is 20.8 Å². The molecule has 45 heavy (non-hydrogen) atoms. The molecule has 4 rings (SSSR count). The van der Waals surface area contributed by atoms with Gasteiger partial charge in [0.2, 0.25) is 17.5 Å². The maximum atomic E-state index is 13.7. The molecular formula is C29H32O16. The number of rotatable bonds is 11. The van der Waals surface area contributed by atoms with Crippen LogP contribution in [0.4, 0.5) is 0 Å². The number of aliphatic hydroxyl groups is 4. The van der Waals surface area contributed by atoms with Crippen LogP contribution in [0.25, 0.3) is 22.3 Å². The zero-order valence-corrected chi connectivity index (χ0v) is 24.2. The molecule has 16 nitrogen and oxygen atoms in total. The van der Waals surface area contributed by atoms with E-state index >= 15 is 0 Å². The Bertz CT molecular complexity index is 1630. The molecule has 1 aromatic heterocycles. The molecule has 0 radical (unpaired) electrons. The summed E-state index contributed by atoms with van der Waals surface area (Å²) in [5.41, 5.74) is -2.89. The van der Waals surface area contributed by atoms with Crippen LogP contribution in [0.1, 0.15) is 19.8 Å². The number of phenols is 2. The number of aliphatic carboxylic acids is 1. The Morgan fingerprint density at radius 2 is 1.67 bits per heavy atom. The number of aromatic hydroxyl groups is 2. The van der Waals surface area contributed by atoms with E-state index in [9.17, 15) is 45.0 Å². The number of hydrogen-bond acceptors (Lipinski definition) is 15. The standard InChI is InChI=1S/C29H32O16/c1-29(39,9-19(32)33)10-20(34)42-11-18-22(35)24(37)25(38)28(44-18)45-27-23(36)21-15(31)7-13(40-2)8-17(21)43-26(27)12-4-5-14(30)16(6-12)41-3/h4-8,18,22,24-25,28,30-31,35,37-39H,9-11H2,1-3H3,(H,32,33)/t18-,22-,24+,25+,28+,29-/m1/s1. The number of carbonyl (C=O) groups excluding carboxylic acids is 1. The van der Waals surface area contributed by atoms with Crippen LogP contribution in [0.5, 0.6) is 28.7 Å². The van der Waals surface area contributed by atoms with Gasteiger partial charge < -0.3 is 63.8 Å². The Labute approximate surface area is 254 Å². The molecule has 1 aliphatic rings. The van der Waals surface area contributed by atoms with E-state index in [1.807, 2.05) is 0 Å². The number of aliphatic hydroxyl groups excluding tert-OH is 3. The van der Waals surface area contributed by atoms with Crippen LogP contribution in [-0.4, -0.2) is 105 Å². The SMILES string of the molecule is COc1cc(O)c2c(=O)c(O[C@@H]3O[C@H](COC(=O)C[C@](C)(O)CC(=O)O)[C@@H](O)[C@H](O)[C@@H]3O)c(-c3ccc(O)c(OC)c3)oc2c1. The van der Waals surface area contributed by atoms with Gasteiger partial charge >= 0.3 is 11.9 Å². The largest absolute Gasteiger partial charge is 0.507 e. The number of ether oxygens (including phenoxy) is 5. The van der Waals surface area contributed by atoms with Gasteiger partial charge in [-0.1, -0.05) is 0 Å². The van der Waals surface area contributed by atoms with Crippen LogP contribution in [0, 0.1) is 0 Å². The smallest absolute Gasteiger partial charge is 0.308 e. The van der Waals surface area contributed by atoms with Crippen molar-refractivity contribution >= 4 is 22.9 Å². The Balaban J connectivity index is 1.70. The minimum atomic E-state index is -1.97. The number of carboxylic acids is 1. The van der Waals surface area contributed by atoms with Gasteiger partial charge in [0, 0.05) is 17.7 Å². The molecule has 3 aromatic rings. The first-order valence-electron chi connectivity index (χ1n) is 13.4. The van der Waals surface area contributed by atoms with Crippen molar-refractivity contribution in [2.45, 2.75) is 56.1 Å². The van der Waals surface area contributed by atoms with Crippen molar-refractivity contribution in [1.29, 1.82) is 0 Å². The van der Waals surface area contributed by atoms with Gasteiger partial charge in [-0.05, 0) is 25.1 Å². The summed E-state index contributed by atoms with van der Waals surface area (Å²) < 4.78 is 32.6. The highest BCUT2D eigenvalue weighted by Crippen LogP contribution is 2.39. The highest BCUT2D eigenvalue weighted by molar-refractivity contribution is 5.88. The van der Waals surface area contributed by atoms with Crippen molar-refractivity contribution in [2.24, 2.45) is 0 Å². The molecule has 7 N–H and O–H groups in total. The van der Waals surface area contributed by atoms with Gasteiger partial charge in [0.15, 0.2) is 17.3 Å². The normalized spacial score (nSPS) is 22.8. The molecular weight excluding hydrogens is 604 g/mol. The third-order valence-electron chi connectivity index (χ3n) is 6.95. The van der Waals surface area contributed by atoms with Gasteiger partial charge in [-0.2, -0.15) is 0 Å². The predicted octanol–water partition coefficient (Wildman–Crippen LogP) is 0.234. The fourth-order valence-electron chi connectivity index (χ4n) is 4.68. The number of methoxy groups -OCH3 is 2. The van der Waals surface area contributed by atoms with Gasteiger partial charge in [-0.25, -0.2) is 0 Å². The minimum absolute atomic E-state index is 0.00797. The average Bonchev–Trinajstić information content (AvgIpc) is 2.96. The zero-order valence-electron chi connectivity index (χ0n) is 24.2. The van der Waals surface area contributed by atoms with E-state index in [1.165, 1.54) is 38.5 Å². The van der Waals surface area contributed by atoms with E-state index in [0.717, 1.165) is 13.0 Å². The molecule has 0 amide bonds. The van der Waals surface area contributed by atoms with E-state index < -0.39 is 84.6 Å². The van der Waals surface area contributed by atoms with Crippen LogP contribution < -0.4 is 19.6 Å². The van der Waals surface area contributed by atoms with Gasteiger partial charge in [-0.3, -0.25) is 14.4 Å². The van der Waals surface area contributed by atoms with E-state index in [-0.39, 0.29) is 39.5 Å². The summed E-state index contributed by atoms with van der Waals surface area (Å²) in [7, 11) is 2.62. The first kappa shape index (κ1) is 33.3.